The van der Waals surface area contributed by atoms with Crippen molar-refractivity contribution >= 4 is 27.3 Å². The van der Waals surface area contributed by atoms with Crippen LogP contribution in [0.4, 0.5) is 0 Å². The number of thiophene rings is 1. The lowest BCUT2D eigenvalue weighted by Gasteiger charge is -2.34. The van der Waals surface area contributed by atoms with Crippen molar-refractivity contribution in [3.63, 3.8) is 0 Å². The highest BCUT2D eigenvalue weighted by molar-refractivity contribution is 9.10. The summed E-state index contributed by atoms with van der Waals surface area (Å²) in [6.45, 7) is 2.09. The molecule has 1 atom stereocenters. The van der Waals surface area contributed by atoms with Gasteiger partial charge in [-0.05, 0) is 60.0 Å². The number of fused-ring (bicyclic) bond motifs is 1. The van der Waals surface area contributed by atoms with Gasteiger partial charge in [-0.15, -0.1) is 11.3 Å². The highest BCUT2D eigenvalue weighted by atomic mass is 79.9. The quantitative estimate of drug-likeness (QED) is 0.834. The Balaban J connectivity index is 1.99. The first-order valence-corrected chi connectivity index (χ1v) is 7.80. The summed E-state index contributed by atoms with van der Waals surface area (Å²) >= 11 is 5.22. The Morgan fingerprint density at radius 1 is 1.28 bits per heavy atom. The van der Waals surface area contributed by atoms with E-state index >= 15 is 0 Å². The number of halogens is 1. The third-order valence-corrected chi connectivity index (χ3v) is 5.16. The molecule has 1 N–H and O–H groups in total. The van der Waals surface area contributed by atoms with Gasteiger partial charge in [0, 0.05) is 15.8 Å². The molecule has 0 radical (unpaired) electrons. The first-order valence-electron chi connectivity index (χ1n) is 6.13. The molecule has 3 heteroatoms. The van der Waals surface area contributed by atoms with E-state index in [0.717, 1.165) is 29.3 Å². The third-order valence-electron chi connectivity index (χ3n) is 3.82. The summed E-state index contributed by atoms with van der Waals surface area (Å²) in [5.41, 5.74) is 3.07. The highest BCUT2D eigenvalue weighted by Crippen LogP contribution is 2.39. The van der Waals surface area contributed by atoms with E-state index in [1.165, 1.54) is 16.0 Å². The first-order chi connectivity index (χ1) is 8.58. The second kappa shape index (κ2) is 4.48. The maximum atomic E-state index is 10.9. The minimum Gasteiger partial charge on any atom is -0.385 e. The molecule has 0 spiro atoms. The SMILES string of the molecule is Cc1sccc1C1(O)CCc2cc(Br)ccc2C1. The predicted octanol–water partition coefficient (Wildman–Crippen LogP) is 4.20. The first kappa shape index (κ1) is 12.4. The number of aryl methyl sites for hydroxylation is 2. The van der Waals surface area contributed by atoms with Gasteiger partial charge in [0.05, 0.1) is 5.60 Å². The van der Waals surface area contributed by atoms with Gasteiger partial charge >= 0.3 is 0 Å². The molecule has 3 rings (SSSR count). The van der Waals surface area contributed by atoms with E-state index in [9.17, 15) is 5.11 Å². The molecule has 1 heterocycles. The van der Waals surface area contributed by atoms with E-state index in [2.05, 4.69) is 52.5 Å². The minimum atomic E-state index is -0.676. The van der Waals surface area contributed by atoms with Gasteiger partial charge < -0.3 is 5.11 Å². The summed E-state index contributed by atoms with van der Waals surface area (Å²) in [6.07, 6.45) is 2.49. The van der Waals surface area contributed by atoms with Crippen LogP contribution in [0, 0.1) is 6.92 Å². The average Bonchev–Trinajstić information content (AvgIpc) is 2.77. The molecular formula is C15H15BrOS. The van der Waals surface area contributed by atoms with E-state index in [1.54, 1.807) is 11.3 Å². The molecule has 2 aromatic rings. The number of benzene rings is 1. The van der Waals surface area contributed by atoms with Crippen LogP contribution in [0.2, 0.25) is 0 Å². The maximum absolute atomic E-state index is 10.9. The third kappa shape index (κ3) is 2.04. The molecule has 1 aliphatic rings. The standard InChI is InChI=1S/C15H15BrOS/c1-10-14(5-7-18-10)15(17)6-4-11-8-13(16)3-2-12(11)9-15/h2-3,5,7-8,17H,4,6,9H2,1H3. The minimum absolute atomic E-state index is 0.676. The van der Waals surface area contributed by atoms with Crippen molar-refractivity contribution in [1.29, 1.82) is 0 Å². The van der Waals surface area contributed by atoms with Gasteiger partial charge in [-0.3, -0.25) is 0 Å². The molecule has 0 amide bonds. The van der Waals surface area contributed by atoms with Crippen LogP contribution in [-0.2, 0) is 18.4 Å². The van der Waals surface area contributed by atoms with E-state index in [-0.39, 0.29) is 0 Å². The Labute approximate surface area is 120 Å². The molecule has 18 heavy (non-hydrogen) atoms. The lowest BCUT2D eigenvalue weighted by molar-refractivity contribution is 0.0221. The molecule has 0 aliphatic heterocycles. The second-order valence-corrected chi connectivity index (χ2v) is 7.05. The van der Waals surface area contributed by atoms with Crippen molar-refractivity contribution in [2.75, 3.05) is 0 Å². The van der Waals surface area contributed by atoms with Gasteiger partial charge in [-0.2, -0.15) is 0 Å². The summed E-state index contributed by atoms with van der Waals surface area (Å²) in [5, 5.41) is 13.0. The van der Waals surface area contributed by atoms with Gasteiger partial charge in [0.1, 0.15) is 0 Å². The van der Waals surface area contributed by atoms with Crippen LogP contribution >= 0.6 is 27.3 Å². The monoisotopic (exact) mass is 322 g/mol. The molecule has 94 valence electrons. The Bertz CT molecular complexity index is 590. The molecule has 1 aromatic heterocycles. The summed E-state index contributed by atoms with van der Waals surface area (Å²) in [5.74, 6) is 0. The maximum Gasteiger partial charge on any atom is 0.0950 e. The van der Waals surface area contributed by atoms with Crippen molar-refractivity contribution in [2.24, 2.45) is 0 Å². The molecule has 1 aliphatic carbocycles. The zero-order valence-electron chi connectivity index (χ0n) is 10.2. The van der Waals surface area contributed by atoms with Gasteiger partial charge in [-0.25, -0.2) is 0 Å². The number of rotatable bonds is 1. The van der Waals surface area contributed by atoms with Crippen molar-refractivity contribution < 1.29 is 5.11 Å². The summed E-state index contributed by atoms with van der Waals surface area (Å²) < 4.78 is 1.12. The highest BCUT2D eigenvalue weighted by Gasteiger charge is 2.35. The van der Waals surface area contributed by atoms with Gasteiger partial charge in [0.15, 0.2) is 0 Å². The lowest BCUT2D eigenvalue weighted by atomic mass is 9.77. The molecule has 0 saturated heterocycles. The number of aliphatic hydroxyl groups is 1. The predicted molar refractivity (Wildman–Crippen MR) is 79.1 cm³/mol. The fraction of sp³-hybridized carbons (Fsp3) is 0.333. The van der Waals surface area contributed by atoms with Crippen molar-refractivity contribution in [2.45, 2.75) is 31.8 Å². The normalized spacial score (nSPS) is 22.8. The van der Waals surface area contributed by atoms with Crippen LogP contribution in [0.25, 0.3) is 0 Å². The number of hydrogen-bond donors (Lipinski definition) is 1. The van der Waals surface area contributed by atoms with E-state index in [1.807, 2.05) is 0 Å². The Morgan fingerprint density at radius 3 is 2.83 bits per heavy atom. The molecule has 0 fully saturated rings. The van der Waals surface area contributed by atoms with Crippen LogP contribution in [0.3, 0.4) is 0 Å². The summed E-state index contributed by atoms with van der Waals surface area (Å²) in [7, 11) is 0. The van der Waals surface area contributed by atoms with Crippen LogP contribution in [0.15, 0.2) is 34.1 Å². The fourth-order valence-corrected chi connectivity index (χ4v) is 4.04. The topological polar surface area (TPSA) is 20.2 Å². The van der Waals surface area contributed by atoms with Crippen molar-refractivity contribution in [3.05, 3.63) is 55.7 Å². The summed E-state index contributed by atoms with van der Waals surface area (Å²) in [6, 6.07) is 8.44. The van der Waals surface area contributed by atoms with E-state index in [4.69, 9.17) is 0 Å². The Kier molecular flexibility index (Phi) is 3.08. The fourth-order valence-electron chi connectivity index (χ4n) is 2.84. The van der Waals surface area contributed by atoms with Gasteiger partial charge in [0.25, 0.3) is 0 Å². The molecule has 1 nitrogen and oxygen atoms in total. The van der Waals surface area contributed by atoms with Crippen molar-refractivity contribution in [1.82, 2.24) is 0 Å². The smallest absolute Gasteiger partial charge is 0.0950 e. The van der Waals surface area contributed by atoms with Gasteiger partial charge in [0.2, 0.25) is 0 Å². The largest absolute Gasteiger partial charge is 0.385 e. The molecule has 1 unspecified atom stereocenters. The van der Waals surface area contributed by atoms with Crippen LogP contribution in [0.5, 0.6) is 0 Å². The molecular weight excluding hydrogens is 308 g/mol. The van der Waals surface area contributed by atoms with Gasteiger partial charge in [-0.1, -0.05) is 22.0 Å². The zero-order chi connectivity index (χ0) is 12.8. The van der Waals surface area contributed by atoms with E-state index < -0.39 is 5.60 Å². The Morgan fingerprint density at radius 2 is 2.11 bits per heavy atom. The zero-order valence-corrected chi connectivity index (χ0v) is 12.6. The van der Waals surface area contributed by atoms with Crippen molar-refractivity contribution in [3.8, 4) is 0 Å². The van der Waals surface area contributed by atoms with Crippen LogP contribution < -0.4 is 0 Å². The molecule has 0 saturated carbocycles. The lowest BCUT2D eigenvalue weighted by Crippen LogP contribution is -2.33. The average molecular weight is 323 g/mol. The van der Waals surface area contributed by atoms with E-state index in [0.29, 0.717) is 0 Å². The van der Waals surface area contributed by atoms with Crippen LogP contribution in [-0.4, -0.2) is 5.11 Å². The molecule has 0 bridgehead atoms. The summed E-state index contributed by atoms with van der Waals surface area (Å²) in [4.78, 5) is 1.23. The second-order valence-electron chi connectivity index (χ2n) is 5.01. The van der Waals surface area contributed by atoms with Crippen LogP contribution in [0.1, 0.15) is 28.0 Å². The Hall–Kier alpha value is -0.640. The molecule has 1 aromatic carbocycles. The number of hydrogen-bond acceptors (Lipinski definition) is 2.